The van der Waals surface area contributed by atoms with Gasteiger partial charge in [-0.3, -0.25) is 0 Å². The van der Waals surface area contributed by atoms with Crippen LogP contribution in [0.4, 0.5) is 0 Å². The van der Waals surface area contributed by atoms with E-state index in [-0.39, 0.29) is 17.4 Å². The first-order valence-electron chi connectivity index (χ1n) is 5.51. The van der Waals surface area contributed by atoms with Gasteiger partial charge in [-0.1, -0.05) is 20.8 Å². The van der Waals surface area contributed by atoms with Crippen LogP contribution in [0.15, 0.2) is 9.98 Å². The molecule has 0 amide bonds. The van der Waals surface area contributed by atoms with Crippen molar-refractivity contribution in [3.05, 3.63) is 0 Å². The van der Waals surface area contributed by atoms with E-state index >= 15 is 0 Å². The molecular weight excluding hydrogens is 204 g/mol. The van der Waals surface area contributed by atoms with Crippen molar-refractivity contribution in [3.8, 4) is 0 Å². The molecule has 3 unspecified atom stereocenters. The molecular formula is C12H18N2O2. The van der Waals surface area contributed by atoms with E-state index in [4.69, 9.17) is 0 Å². The molecule has 1 saturated carbocycles. The highest BCUT2D eigenvalue weighted by molar-refractivity contribution is 5.36. The Balaban J connectivity index is 3.07. The molecule has 1 fully saturated rings. The average molecular weight is 222 g/mol. The molecule has 4 heteroatoms. The molecule has 0 radical (unpaired) electrons. The van der Waals surface area contributed by atoms with E-state index in [1.807, 2.05) is 6.92 Å². The number of nitrogens with zero attached hydrogens (tertiary/aromatic N) is 2. The van der Waals surface area contributed by atoms with Crippen LogP contribution in [-0.4, -0.2) is 23.7 Å². The molecule has 0 heterocycles. The van der Waals surface area contributed by atoms with Gasteiger partial charge in [0.05, 0.1) is 11.6 Å². The fourth-order valence-electron chi connectivity index (χ4n) is 2.78. The van der Waals surface area contributed by atoms with Gasteiger partial charge in [-0.2, -0.15) is 4.99 Å². The monoisotopic (exact) mass is 222 g/mol. The molecule has 1 rings (SSSR count). The highest BCUT2D eigenvalue weighted by atomic mass is 16.1. The molecule has 0 aromatic carbocycles. The number of isocyanates is 2. The Morgan fingerprint density at radius 1 is 1.19 bits per heavy atom. The van der Waals surface area contributed by atoms with E-state index < -0.39 is 5.54 Å². The van der Waals surface area contributed by atoms with Crippen LogP contribution in [0.2, 0.25) is 0 Å². The van der Waals surface area contributed by atoms with Gasteiger partial charge < -0.3 is 0 Å². The normalized spacial score (nSPS) is 37.0. The van der Waals surface area contributed by atoms with Crippen LogP contribution >= 0.6 is 0 Å². The maximum Gasteiger partial charge on any atom is 0.235 e. The van der Waals surface area contributed by atoms with Gasteiger partial charge in [0.1, 0.15) is 0 Å². The number of carbonyl (C=O) groups excluding carboxylic acids is 2. The van der Waals surface area contributed by atoms with Crippen molar-refractivity contribution in [2.24, 2.45) is 21.3 Å². The third kappa shape index (κ3) is 2.46. The lowest BCUT2D eigenvalue weighted by Crippen LogP contribution is -2.46. The van der Waals surface area contributed by atoms with Gasteiger partial charge in [0.15, 0.2) is 0 Å². The predicted molar refractivity (Wildman–Crippen MR) is 60.6 cm³/mol. The van der Waals surface area contributed by atoms with Crippen LogP contribution in [0.1, 0.15) is 40.5 Å². The Morgan fingerprint density at radius 3 is 2.31 bits per heavy atom. The SMILES string of the molecule is CC1C(N=C=O)CC(C)(N=C=O)CC1(C)C. The number of hydrogen-bond acceptors (Lipinski definition) is 4. The van der Waals surface area contributed by atoms with Crippen LogP contribution in [0.5, 0.6) is 0 Å². The van der Waals surface area contributed by atoms with E-state index in [0.717, 1.165) is 6.42 Å². The summed E-state index contributed by atoms with van der Waals surface area (Å²) in [5.41, 5.74) is -0.457. The average Bonchev–Trinajstić information content (AvgIpc) is 2.13. The van der Waals surface area contributed by atoms with Gasteiger partial charge in [0, 0.05) is 0 Å². The van der Waals surface area contributed by atoms with Crippen molar-refractivity contribution in [3.63, 3.8) is 0 Å². The van der Waals surface area contributed by atoms with Crippen molar-refractivity contribution < 1.29 is 9.59 Å². The minimum absolute atomic E-state index is 0.00162. The summed E-state index contributed by atoms with van der Waals surface area (Å²) >= 11 is 0. The molecule has 0 bridgehead atoms. The first kappa shape index (κ1) is 12.8. The summed E-state index contributed by atoms with van der Waals surface area (Å²) in [5, 5.41) is 0. The quantitative estimate of drug-likeness (QED) is 0.531. The highest BCUT2D eigenvalue weighted by Gasteiger charge is 2.46. The lowest BCUT2D eigenvalue weighted by molar-refractivity contribution is 0.0783. The lowest BCUT2D eigenvalue weighted by Gasteiger charge is -2.46. The third-order valence-electron chi connectivity index (χ3n) is 3.83. The van der Waals surface area contributed by atoms with Gasteiger partial charge in [-0.25, -0.2) is 14.6 Å². The molecule has 0 aliphatic heterocycles. The van der Waals surface area contributed by atoms with Crippen LogP contribution in [-0.2, 0) is 9.59 Å². The van der Waals surface area contributed by atoms with Crippen LogP contribution in [0.3, 0.4) is 0 Å². The molecule has 1 aliphatic rings. The third-order valence-corrected chi connectivity index (χ3v) is 3.83. The minimum atomic E-state index is -0.456. The Morgan fingerprint density at radius 2 is 1.81 bits per heavy atom. The zero-order valence-electron chi connectivity index (χ0n) is 10.3. The molecule has 0 spiro atoms. The molecule has 0 N–H and O–H groups in total. The second kappa shape index (κ2) is 4.32. The maximum atomic E-state index is 10.4. The zero-order chi connectivity index (χ0) is 12.4. The fourth-order valence-corrected chi connectivity index (χ4v) is 2.78. The second-order valence-corrected chi connectivity index (χ2v) is 5.65. The predicted octanol–water partition coefficient (Wildman–Crippen LogP) is 2.24. The summed E-state index contributed by atoms with van der Waals surface area (Å²) in [5.74, 6) is 0.281. The Hall–Kier alpha value is -1.24. The molecule has 3 atom stereocenters. The van der Waals surface area contributed by atoms with E-state index in [0.29, 0.717) is 6.42 Å². The smallest absolute Gasteiger partial charge is 0.211 e. The van der Waals surface area contributed by atoms with Crippen LogP contribution < -0.4 is 0 Å². The van der Waals surface area contributed by atoms with Gasteiger partial charge in [0.25, 0.3) is 0 Å². The summed E-state index contributed by atoms with van der Waals surface area (Å²) in [7, 11) is 0. The number of aliphatic imine (C=N–C) groups is 2. The zero-order valence-corrected chi connectivity index (χ0v) is 10.3. The summed E-state index contributed by atoms with van der Waals surface area (Å²) in [6.45, 7) is 8.22. The molecule has 0 aromatic heterocycles. The van der Waals surface area contributed by atoms with E-state index in [1.54, 1.807) is 12.2 Å². The Kier molecular flexibility index (Phi) is 3.47. The standard InChI is InChI=1S/C12H18N2O2/c1-9-10(13-7-15)5-12(4,14-8-16)6-11(9,2)3/h9-10H,5-6H2,1-4H3. The van der Waals surface area contributed by atoms with E-state index in [9.17, 15) is 9.59 Å². The molecule has 16 heavy (non-hydrogen) atoms. The van der Waals surface area contributed by atoms with Crippen LogP contribution in [0.25, 0.3) is 0 Å². The lowest BCUT2D eigenvalue weighted by atomic mass is 9.61. The highest BCUT2D eigenvalue weighted by Crippen LogP contribution is 2.47. The first-order valence-corrected chi connectivity index (χ1v) is 5.51. The van der Waals surface area contributed by atoms with Crippen molar-refractivity contribution in [2.45, 2.75) is 52.1 Å². The van der Waals surface area contributed by atoms with E-state index in [1.165, 1.54) is 0 Å². The molecule has 0 aromatic rings. The number of hydrogen-bond donors (Lipinski definition) is 0. The van der Waals surface area contributed by atoms with Gasteiger partial charge >= 0.3 is 0 Å². The summed E-state index contributed by atoms with van der Waals surface area (Å²) in [4.78, 5) is 28.6. The Labute approximate surface area is 95.9 Å². The largest absolute Gasteiger partial charge is 0.235 e. The summed E-state index contributed by atoms with van der Waals surface area (Å²) in [6, 6.07) is -0.108. The van der Waals surface area contributed by atoms with Crippen molar-refractivity contribution in [1.29, 1.82) is 0 Å². The van der Waals surface area contributed by atoms with Crippen molar-refractivity contribution in [1.82, 2.24) is 0 Å². The molecule has 4 nitrogen and oxygen atoms in total. The molecule has 0 saturated heterocycles. The second-order valence-electron chi connectivity index (χ2n) is 5.65. The van der Waals surface area contributed by atoms with Crippen molar-refractivity contribution in [2.75, 3.05) is 0 Å². The van der Waals surface area contributed by atoms with Gasteiger partial charge in [-0.15, -0.1) is 0 Å². The number of rotatable bonds is 2. The fraction of sp³-hybridized carbons (Fsp3) is 0.833. The minimum Gasteiger partial charge on any atom is -0.211 e. The summed E-state index contributed by atoms with van der Waals surface area (Å²) < 4.78 is 0. The first-order chi connectivity index (χ1) is 7.34. The van der Waals surface area contributed by atoms with Crippen molar-refractivity contribution >= 4 is 12.2 Å². The van der Waals surface area contributed by atoms with Gasteiger partial charge in [0.2, 0.25) is 12.2 Å². The maximum absolute atomic E-state index is 10.4. The summed E-state index contributed by atoms with van der Waals surface area (Å²) in [6.07, 6.45) is 4.67. The topological polar surface area (TPSA) is 58.9 Å². The molecule has 1 aliphatic carbocycles. The Bertz CT molecular complexity index is 365. The van der Waals surface area contributed by atoms with E-state index in [2.05, 4.69) is 30.8 Å². The van der Waals surface area contributed by atoms with Gasteiger partial charge in [-0.05, 0) is 31.1 Å². The molecule has 88 valence electrons. The van der Waals surface area contributed by atoms with Crippen LogP contribution in [0, 0.1) is 11.3 Å².